The fourth-order valence-electron chi connectivity index (χ4n) is 3.34. The van der Waals surface area contributed by atoms with Gasteiger partial charge >= 0.3 is 0 Å². The van der Waals surface area contributed by atoms with E-state index >= 15 is 0 Å². The Kier molecular flexibility index (Phi) is 3.94. The first-order chi connectivity index (χ1) is 9.71. The number of ether oxygens (including phenoxy) is 2. The van der Waals surface area contributed by atoms with Crippen molar-refractivity contribution in [2.24, 2.45) is 5.92 Å². The van der Waals surface area contributed by atoms with E-state index in [0.29, 0.717) is 5.92 Å². The topological polar surface area (TPSA) is 40.5 Å². The first-order valence-corrected chi connectivity index (χ1v) is 7.68. The van der Waals surface area contributed by atoms with Crippen LogP contribution in [0.25, 0.3) is 0 Å². The average molecular weight is 277 g/mol. The standard InChI is InChI=1S/C16H23NO3/c1-2-14-12-17(8-5-15(14)18)11-13-3-6-16(7-4-13)19-9-10-20-16/h5,8,12-13H,2-4,6-7,9-11H2,1H3. The number of pyridine rings is 1. The molecule has 2 aliphatic rings. The molecule has 110 valence electrons. The number of hydrogen-bond donors (Lipinski definition) is 0. The molecule has 1 aliphatic heterocycles. The van der Waals surface area contributed by atoms with Gasteiger partial charge in [-0.2, -0.15) is 0 Å². The van der Waals surface area contributed by atoms with Crippen molar-refractivity contribution in [2.75, 3.05) is 13.2 Å². The van der Waals surface area contributed by atoms with Gasteiger partial charge < -0.3 is 14.0 Å². The summed E-state index contributed by atoms with van der Waals surface area (Å²) < 4.78 is 13.7. The molecule has 1 saturated carbocycles. The Morgan fingerprint density at radius 1 is 1.30 bits per heavy atom. The normalized spacial score (nSPS) is 22.4. The summed E-state index contributed by atoms with van der Waals surface area (Å²) in [6.07, 6.45) is 8.98. The van der Waals surface area contributed by atoms with Gasteiger partial charge in [0.05, 0.1) is 13.2 Å². The monoisotopic (exact) mass is 277 g/mol. The van der Waals surface area contributed by atoms with Gasteiger partial charge in [-0.25, -0.2) is 0 Å². The number of aromatic nitrogens is 1. The van der Waals surface area contributed by atoms with E-state index in [2.05, 4.69) is 4.57 Å². The first kappa shape index (κ1) is 13.8. The molecule has 2 heterocycles. The van der Waals surface area contributed by atoms with Gasteiger partial charge in [0.15, 0.2) is 11.2 Å². The van der Waals surface area contributed by atoms with Crippen molar-refractivity contribution in [3.63, 3.8) is 0 Å². The van der Waals surface area contributed by atoms with E-state index in [9.17, 15) is 4.79 Å². The predicted octanol–water partition coefficient (Wildman–Crippen LogP) is 2.34. The van der Waals surface area contributed by atoms with Crippen LogP contribution >= 0.6 is 0 Å². The Balaban J connectivity index is 1.60. The smallest absolute Gasteiger partial charge is 0.184 e. The molecule has 0 radical (unpaired) electrons. The van der Waals surface area contributed by atoms with Crippen molar-refractivity contribution < 1.29 is 9.47 Å². The van der Waals surface area contributed by atoms with Gasteiger partial charge in [0, 0.05) is 43.4 Å². The highest BCUT2D eigenvalue weighted by Gasteiger charge is 2.40. The van der Waals surface area contributed by atoms with Crippen LogP contribution in [-0.2, 0) is 22.4 Å². The minimum Gasteiger partial charge on any atom is -0.353 e. The van der Waals surface area contributed by atoms with Gasteiger partial charge in [-0.05, 0) is 25.2 Å². The molecule has 1 aliphatic carbocycles. The lowest BCUT2D eigenvalue weighted by Gasteiger charge is -2.35. The van der Waals surface area contributed by atoms with E-state index in [0.717, 1.165) is 57.4 Å². The summed E-state index contributed by atoms with van der Waals surface area (Å²) in [5.74, 6) is 0.384. The number of aryl methyl sites for hydroxylation is 1. The van der Waals surface area contributed by atoms with Gasteiger partial charge in [-0.15, -0.1) is 0 Å². The number of hydrogen-bond acceptors (Lipinski definition) is 3. The molecule has 0 unspecified atom stereocenters. The molecule has 1 aromatic rings. The van der Waals surface area contributed by atoms with Crippen molar-refractivity contribution in [1.82, 2.24) is 4.57 Å². The van der Waals surface area contributed by atoms with Gasteiger partial charge in [0.1, 0.15) is 0 Å². The van der Waals surface area contributed by atoms with E-state index in [1.165, 1.54) is 0 Å². The van der Waals surface area contributed by atoms with Crippen molar-refractivity contribution in [3.05, 3.63) is 34.2 Å². The van der Waals surface area contributed by atoms with Crippen LogP contribution in [0.3, 0.4) is 0 Å². The molecule has 0 amide bonds. The highest BCUT2D eigenvalue weighted by molar-refractivity contribution is 5.10. The molecule has 4 nitrogen and oxygen atoms in total. The highest BCUT2D eigenvalue weighted by Crippen LogP contribution is 2.38. The molecule has 1 aromatic heterocycles. The second-order valence-corrected chi connectivity index (χ2v) is 5.94. The number of nitrogens with zero attached hydrogens (tertiary/aromatic N) is 1. The highest BCUT2D eigenvalue weighted by atomic mass is 16.7. The molecule has 1 spiro atoms. The summed E-state index contributed by atoms with van der Waals surface area (Å²) in [5, 5.41) is 0. The van der Waals surface area contributed by atoms with Crippen molar-refractivity contribution in [1.29, 1.82) is 0 Å². The quantitative estimate of drug-likeness (QED) is 0.851. The van der Waals surface area contributed by atoms with Crippen LogP contribution in [0.1, 0.15) is 38.2 Å². The van der Waals surface area contributed by atoms with Crippen LogP contribution in [0.15, 0.2) is 23.3 Å². The van der Waals surface area contributed by atoms with Gasteiger partial charge in [0.2, 0.25) is 0 Å². The number of rotatable bonds is 3. The van der Waals surface area contributed by atoms with Gasteiger partial charge in [-0.1, -0.05) is 6.92 Å². The Hall–Kier alpha value is -1.13. The molecular weight excluding hydrogens is 254 g/mol. The third kappa shape index (κ3) is 2.81. The summed E-state index contributed by atoms with van der Waals surface area (Å²) in [7, 11) is 0. The fraction of sp³-hybridized carbons (Fsp3) is 0.688. The molecule has 3 rings (SSSR count). The summed E-state index contributed by atoms with van der Waals surface area (Å²) in [4.78, 5) is 11.6. The van der Waals surface area contributed by atoms with Crippen LogP contribution in [0.4, 0.5) is 0 Å². The predicted molar refractivity (Wildman–Crippen MR) is 76.7 cm³/mol. The van der Waals surface area contributed by atoms with Crippen LogP contribution in [0.5, 0.6) is 0 Å². The third-order valence-electron chi connectivity index (χ3n) is 4.59. The SMILES string of the molecule is CCc1cn(CC2CCC3(CC2)OCCO3)ccc1=O. The largest absolute Gasteiger partial charge is 0.353 e. The molecule has 0 aromatic carbocycles. The molecule has 4 heteroatoms. The minimum absolute atomic E-state index is 0.152. The van der Waals surface area contributed by atoms with Gasteiger partial charge in [-0.3, -0.25) is 4.79 Å². The molecule has 20 heavy (non-hydrogen) atoms. The lowest BCUT2D eigenvalue weighted by Crippen LogP contribution is -2.36. The van der Waals surface area contributed by atoms with Crippen LogP contribution in [-0.4, -0.2) is 23.6 Å². The maximum atomic E-state index is 11.6. The molecule has 0 bridgehead atoms. The zero-order chi connectivity index (χ0) is 14.0. The van der Waals surface area contributed by atoms with E-state index in [-0.39, 0.29) is 11.2 Å². The van der Waals surface area contributed by atoms with Crippen LogP contribution < -0.4 is 5.43 Å². The van der Waals surface area contributed by atoms with E-state index in [1.54, 1.807) is 6.07 Å². The Morgan fingerprint density at radius 2 is 2.00 bits per heavy atom. The molecule has 2 fully saturated rings. The van der Waals surface area contributed by atoms with Crippen molar-refractivity contribution in [2.45, 2.75) is 51.4 Å². The van der Waals surface area contributed by atoms with Crippen LogP contribution in [0, 0.1) is 5.92 Å². The van der Waals surface area contributed by atoms with Crippen molar-refractivity contribution in [3.8, 4) is 0 Å². The Labute approximate surface area is 119 Å². The zero-order valence-corrected chi connectivity index (χ0v) is 12.1. The van der Waals surface area contributed by atoms with Crippen LogP contribution in [0.2, 0.25) is 0 Å². The van der Waals surface area contributed by atoms with E-state index in [1.807, 2.05) is 19.3 Å². The summed E-state index contributed by atoms with van der Waals surface area (Å²) >= 11 is 0. The molecule has 1 saturated heterocycles. The Morgan fingerprint density at radius 3 is 2.65 bits per heavy atom. The molecule has 0 N–H and O–H groups in total. The van der Waals surface area contributed by atoms with Crippen molar-refractivity contribution >= 4 is 0 Å². The summed E-state index contributed by atoms with van der Waals surface area (Å²) in [6, 6.07) is 1.69. The van der Waals surface area contributed by atoms with E-state index in [4.69, 9.17) is 9.47 Å². The molecular formula is C16H23NO3. The zero-order valence-electron chi connectivity index (χ0n) is 12.1. The lowest BCUT2D eigenvalue weighted by atomic mass is 9.85. The van der Waals surface area contributed by atoms with E-state index < -0.39 is 0 Å². The summed E-state index contributed by atoms with van der Waals surface area (Å²) in [6.45, 7) is 4.50. The fourth-order valence-corrected chi connectivity index (χ4v) is 3.34. The Bertz CT molecular complexity index is 507. The maximum absolute atomic E-state index is 11.6. The summed E-state index contributed by atoms with van der Waals surface area (Å²) in [5.41, 5.74) is 1.06. The second-order valence-electron chi connectivity index (χ2n) is 5.94. The first-order valence-electron chi connectivity index (χ1n) is 7.68. The minimum atomic E-state index is -0.269. The third-order valence-corrected chi connectivity index (χ3v) is 4.59. The van der Waals surface area contributed by atoms with Gasteiger partial charge in [0.25, 0.3) is 0 Å². The average Bonchev–Trinajstić information content (AvgIpc) is 2.92. The lowest BCUT2D eigenvalue weighted by molar-refractivity contribution is -0.183. The second kappa shape index (κ2) is 5.70. The molecule has 0 atom stereocenters. The maximum Gasteiger partial charge on any atom is 0.184 e.